The molecule has 2 N–H and O–H groups in total. The molecule has 1 aromatic carbocycles. The first kappa shape index (κ1) is 19.8. The Labute approximate surface area is 173 Å². The highest BCUT2D eigenvalue weighted by Crippen LogP contribution is 2.36. The van der Waals surface area contributed by atoms with E-state index in [1.165, 1.54) is 18.9 Å². The van der Waals surface area contributed by atoms with E-state index in [9.17, 15) is 8.42 Å². The second kappa shape index (κ2) is 8.06. The Morgan fingerprint density at radius 3 is 2.57 bits per heavy atom. The van der Waals surface area contributed by atoms with Gasteiger partial charge in [0.25, 0.3) is 0 Å². The van der Waals surface area contributed by atoms with Crippen LogP contribution < -0.4 is 5.14 Å². The molecule has 0 unspecified atom stereocenters. The fourth-order valence-corrected chi connectivity index (χ4v) is 5.88. The minimum Gasteiger partial charge on any atom is -0.241 e. The number of rotatable bonds is 6. The predicted octanol–water partition coefficient (Wildman–Crippen LogP) is 3.66. The van der Waals surface area contributed by atoms with Crippen LogP contribution >= 0.6 is 23.1 Å². The SMILES string of the molecule is CSc1cnc(C[C@H]2CC[C@H](Cc3nc4ccc(S(N)(=O)=O)cc4s3)C2)nc1. The summed E-state index contributed by atoms with van der Waals surface area (Å²) in [6.45, 7) is 0. The van der Waals surface area contributed by atoms with E-state index in [0.29, 0.717) is 11.8 Å². The molecule has 6 nitrogen and oxygen atoms in total. The lowest BCUT2D eigenvalue weighted by molar-refractivity contribution is 0.479. The minimum absolute atomic E-state index is 0.142. The molecule has 9 heteroatoms. The number of sulfonamides is 1. The molecule has 3 aromatic rings. The van der Waals surface area contributed by atoms with Crippen molar-refractivity contribution in [3.63, 3.8) is 0 Å². The van der Waals surface area contributed by atoms with Crippen LogP contribution in [0.2, 0.25) is 0 Å². The summed E-state index contributed by atoms with van der Waals surface area (Å²) in [4.78, 5) is 14.9. The molecule has 2 atom stereocenters. The Hall–Kier alpha value is -1.55. The molecular weight excluding hydrogens is 412 g/mol. The summed E-state index contributed by atoms with van der Waals surface area (Å²) in [5.41, 5.74) is 0.837. The smallest absolute Gasteiger partial charge is 0.238 e. The lowest BCUT2D eigenvalue weighted by Gasteiger charge is -2.09. The van der Waals surface area contributed by atoms with E-state index in [4.69, 9.17) is 5.14 Å². The highest BCUT2D eigenvalue weighted by atomic mass is 32.2. The van der Waals surface area contributed by atoms with Gasteiger partial charge >= 0.3 is 0 Å². The standard InChI is InChI=1S/C19H22N4O2S3/c1-26-14-10-21-18(22-11-14)7-12-2-3-13(6-12)8-19-23-16-5-4-15(28(20,24)25)9-17(16)27-19/h4-5,9-13H,2-3,6-8H2,1H3,(H2,20,24,25)/t12-,13-/m0/s1. The van der Waals surface area contributed by atoms with Gasteiger partial charge in [-0.05, 0) is 55.6 Å². The van der Waals surface area contributed by atoms with E-state index in [1.54, 1.807) is 35.2 Å². The lowest BCUT2D eigenvalue weighted by atomic mass is 9.99. The number of nitrogens with two attached hydrogens (primary N) is 1. The molecular formula is C19H22N4O2S3. The number of thioether (sulfide) groups is 1. The second-order valence-electron chi connectivity index (χ2n) is 7.27. The number of thiazole rings is 1. The topological polar surface area (TPSA) is 98.8 Å². The molecule has 2 aromatic heterocycles. The van der Waals surface area contributed by atoms with Gasteiger partial charge in [-0.15, -0.1) is 23.1 Å². The van der Waals surface area contributed by atoms with Crippen molar-refractivity contribution in [2.75, 3.05) is 6.26 Å². The molecule has 0 spiro atoms. The number of hydrogen-bond donors (Lipinski definition) is 1. The van der Waals surface area contributed by atoms with E-state index in [0.717, 1.165) is 45.2 Å². The van der Waals surface area contributed by atoms with E-state index in [-0.39, 0.29) is 4.90 Å². The van der Waals surface area contributed by atoms with Crippen molar-refractivity contribution in [1.82, 2.24) is 15.0 Å². The zero-order valence-corrected chi connectivity index (χ0v) is 18.0. The minimum atomic E-state index is -3.68. The quantitative estimate of drug-likeness (QED) is 0.595. The van der Waals surface area contributed by atoms with Crippen molar-refractivity contribution in [2.45, 2.75) is 41.9 Å². The van der Waals surface area contributed by atoms with Crippen molar-refractivity contribution >= 4 is 43.3 Å². The average Bonchev–Trinajstić information content (AvgIpc) is 3.27. The molecule has 0 amide bonds. The van der Waals surface area contributed by atoms with Crippen molar-refractivity contribution in [1.29, 1.82) is 0 Å². The molecule has 1 aliphatic rings. The first-order chi connectivity index (χ1) is 13.4. The van der Waals surface area contributed by atoms with Gasteiger partial charge in [0.2, 0.25) is 10.0 Å². The Morgan fingerprint density at radius 1 is 1.18 bits per heavy atom. The van der Waals surface area contributed by atoms with Gasteiger partial charge in [-0.2, -0.15) is 0 Å². The molecule has 0 radical (unpaired) electrons. The number of benzene rings is 1. The van der Waals surface area contributed by atoms with Crippen LogP contribution in [0, 0.1) is 11.8 Å². The van der Waals surface area contributed by atoms with Crippen molar-refractivity contribution in [3.8, 4) is 0 Å². The Balaban J connectivity index is 1.39. The third kappa shape index (κ3) is 4.53. The molecule has 4 rings (SSSR count). The normalized spacial score (nSPS) is 20.1. The zero-order valence-electron chi connectivity index (χ0n) is 15.5. The highest BCUT2D eigenvalue weighted by Gasteiger charge is 2.26. The first-order valence-corrected chi connectivity index (χ1v) is 12.8. The van der Waals surface area contributed by atoms with Crippen LogP contribution in [0.5, 0.6) is 0 Å². The third-order valence-corrected chi connectivity index (χ3v) is 7.87. The van der Waals surface area contributed by atoms with Crippen LogP contribution in [-0.4, -0.2) is 29.6 Å². The molecule has 148 valence electrons. The molecule has 0 bridgehead atoms. The van der Waals surface area contributed by atoms with Crippen LogP contribution in [0.1, 0.15) is 30.1 Å². The second-order valence-corrected chi connectivity index (χ2v) is 10.8. The summed E-state index contributed by atoms with van der Waals surface area (Å²) in [6, 6.07) is 4.88. The number of fused-ring (bicyclic) bond motifs is 1. The lowest BCUT2D eigenvalue weighted by Crippen LogP contribution is -2.11. The van der Waals surface area contributed by atoms with Gasteiger partial charge in [0.1, 0.15) is 5.82 Å². The summed E-state index contributed by atoms with van der Waals surface area (Å²) in [6.07, 6.45) is 11.2. The first-order valence-electron chi connectivity index (χ1n) is 9.18. The van der Waals surface area contributed by atoms with Gasteiger partial charge in [-0.25, -0.2) is 28.5 Å². The molecule has 1 saturated carbocycles. The molecule has 0 saturated heterocycles. The van der Waals surface area contributed by atoms with Crippen LogP contribution in [0.3, 0.4) is 0 Å². The van der Waals surface area contributed by atoms with Gasteiger partial charge in [-0.1, -0.05) is 0 Å². The average molecular weight is 435 g/mol. The molecule has 1 fully saturated rings. The van der Waals surface area contributed by atoms with Gasteiger partial charge in [0, 0.05) is 30.1 Å². The molecule has 2 heterocycles. The maximum atomic E-state index is 11.5. The maximum absolute atomic E-state index is 11.5. The number of primary sulfonamides is 1. The fraction of sp³-hybridized carbons (Fsp3) is 0.421. The van der Waals surface area contributed by atoms with Crippen LogP contribution in [-0.2, 0) is 22.9 Å². The summed E-state index contributed by atoms with van der Waals surface area (Å²) in [7, 11) is -3.68. The van der Waals surface area contributed by atoms with Gasteiger partial charge in [0.05, 0.1) is 20.1 Å². The van der Waals surface area contributed by atoms with E-state index < -0.39 is 10.0 Å². The molecule has 0 aliphatic heterocycles. The van der Waals surface area contributed by atoms with Crippen LogP contribution in [0.15, 0.2) is 40.4 Å². The zero-order chi connectivity index (χ0) is 19.7. The predicted molar refractivity (Wildman–Crippen MR) is 113 cm³/mol. The van der Waals surface area contributed by atoms with E-state index in [1.807, 2.05) is 18.6 Å². The van der Waals surface area contributed by atoms with E-state index >= 15 is 0 Å². The Morgan fingerprint density at radius 2 is 1.89 bits per heavy atom. The maximum Gasteiger partial charge on any atom is 0.238 e. The van der Waals surface area contributed by atoms with Crippen molar-refractivity contribution in [3.05, 3.63) is 41.4 Å². The van der Waals surface area contributed by atoms with Gasteiger partial charge < -0.3 is 0 Å². The highest BCUT2D eigenvalue weighted by molar-refractivity contribution is 7.98. The van der Waals surface area contributed by atoms with Crippen molar-refractivity contribution < 1.29 is 8.42 Å². The van der Waals surface area contributed by atoms with E-state index in [2.05, 4.69) is 15.0 Å². The Kier molecular flexibility index (Phi) is 5.69. The van der Waals surface area contributed by atoms with Gasteiger partial charge in [-0.3, -0.25) is 0 Å². The largest absolute Gasteiger partial charge is 0.241 e. The van der Waals surface area contributed by atoms with Crippen LogP contribution in [0.4, 0.5) is 0 Å². The number of nitrogens with zero attached hydrogens (tertiary/aromatic N) is 3. The molecule has 1 aliphatic carbocycles. The monoisotopic (exact) mass is 434 g/mol. The van der Waals surface area contributed by atoms with Gasteiger partial charge in [0.15, 0.2) is 0 Å². The fourth-order valence-electron chi connectivity index (χ4n) is 3.83. The van der Waals surface area contributed by atoms with Crippen LogP contribution in [0.25, 0.3) is 10.2 Å². The summed E-state index contributed by atoms with van der Waals surface area (Å²) < 4.78 is 23.9. The summed E-state index contributed by atoms with van der Waals surface area (Å²) in [5.74, 6) is 2.15. The summed E-state index contributed by atoms with van der Waals surface area (Å²) in [5, 5.41) is 6.29. The third-order valence-electron chi connectivity index (χ3n) is 5.23. The summed E-state index contributed by atoms with van der Waals surface area (Å²) >= 11 is 3.22. The van der Waals surface area contributed by atoms with Crippen molar-refractivity contribution in [2.24, 2.45) is 17.0 Å². The Bertz CT molecular complexity index is 1080. The number of hydrogen-bond acceptors (Lipinski definition) is 7. The molecule has 28 heavy (non-hydrogen) atoms. The number of aromatic nitrogens is 3.